The van der Waals surface area contributed by atoms with Crippen LogP contribution < -0.4 is 5.32 Å². The van der Waals surface area contributed by atoms with E-state index in [0.717, 1.165) is 13.0 Å². The van der Waals surface area contributed by atoms with E-state index >= 15 is 0 Å². The topological polar surface area (TPSA) is 12.0 Å². The van der Waals surface area contributed by atoms with E-state index in [1.165, 1.54) is 28.0 Å². The van der Waals surface area contributed by atoms with Gasteiger partial charge in [-0.25, -0.2) is 0 Å². The lowest BCUT2D eigenvalue weighted by molar-refractivity contribution is 0.695. The van der Waals surface area contributed by atoms with Crippen LogP contribution in [0.3, 0.4) is 0 Å². The molecule has 0 radical (unpaired) electrons. The summed E-state index contributed by atoms with van der Waals surface area (Å²) in [6.07, 6.45) is 11.8. The van der Waals surface area contributed by atoms with E-state index in [-0.39, 0.29) is 1.43 Å². The predicted molar refractivity (Wildman–Crippen MR) is 124 cm³/mol. The van der Waals surface area contributed by atoms with Crippen molar-refractivity contribution in [2.75, 3.05) is 11.9 Å². The molecule has 0 heterocycles. The van der Waals surface area contributed by atoms with Crippen molar-refractivity contribution in [1.29, 1.82) is 0 Å². The second kappa shape index (κ2) is 11.0. The maximum Gasteiger partial charge on any atom is 0.0340 e. The third-order valence-electron chi connectivity index (χ3n) is 4.54. The fourth-order valence-corrected chi connectivity index (χ4v) is 3.09. The summed E-state index contributed by atoms with van der Waals surface area (Å²) in [7, 11) is 0. The van der Waals surface area contributed by atoms with Crippen LogP contribution in [-0.2, 0) is 0 Å². The Hall–Kier alpha value is -2.80. The number of hydrogen-bond acceptors (Lipinski definition) is 1. The van der Waals surface area contributed by atoms with Gasteiger partial charge in [0.25, 0.3) is 0 Å². The molecule has 27 heavy (non-hydrogen) atoms. The van der Waals surface area contributed by atoms with Crippen molar-refractivity contribution in [2.24, 2.45) is 5.92 Å². The molecule has 3 rings (SSSR count). The Kier molecular flexibility index (Phi) is 8.38. The average molecular weight is 360 g/mol. The lowest BCUT2D eigenvalue weighted by atomic mass is 9.92. The van der Waals surface area contributed by atoms with Crippen molar-refractivity contribution >= 4 is 16.8 Å². The van der Waals surface area contributed by atoms with Gasteiger partial charge in [0.2, 0.25) is 0 Å². The molecule has 1 unspecified atom stereocenters. The van der Waals surface area contributed by atoms with Gasteiger partial charge in [-0.15, -0.1) is 0 Å². The van der Waals surface area contributed by atoms with Crippen molar-refractivity contribution < 1.29 is 1.43 Å². The Morgan fingerprint density at radius 2 is 1.81 bits per heavy atom. The molecular formula is C26H33N. The minimum Gasteiger partial charge on any atom is -0.384 e. The van der Waals surface area contributed by atoms with Crippen molar-refractivity contribution in [1.82, 2.24) is 0 Å². The SMILES string of the molecule is C=C/C=C(\C)c1ccc(NCC2C=C(c3ccccc3)C=CC2)cc1.CC.[HH]. The highest BCUT2D eigenvalue weighted by atomic mass is 14.9. The second-order valence-corrected chi connectivity index (χ2v) is 6.43. The van der Waals surface area contributed by atoms with Crippen LogP contribution in [0.5, 0.6) is 0 Å². The Bertz CT molecular complexity index is 798. The monoisotopic (exact) mass is 359 g/mol. The normalized spacial score (nSPS) is 16.0. The van der Waals surface area contributed by atoms with Crippen molar-refractivity contribution in [3.8, 4) is 0 Å². The van der Waals surface area contributed by atoms with E-state index in [1.807, 2.05) is 26.0 Å². The molecule has 1 atom stereocenters. The van der Waals surface area contributed by atoms with Crippen LogP contribution in [0.2, 0.25) is 0 Å². The molecule has 1 heteroatoms. The van der Waals surface area contributed by atoms with Gasteiger partial charge in [0.05, 0.1) is 0 Å². The van der Waals surface area contributed by atoms with Gasteiger partial charge in [-0.1, -0.05) is 93.3 Å². The zero-order chi connectivity index (χ0) is 19.5. The molecule has 0 bridgehead atoms. The number of hydrogen-bond donors (Lipinski definition) is 1. The Morgan fingerprint density at radius 3 is 2.48 bits per heavy atom. The highest BCUT2D eigenvalue weighted by Crippen LogP contribution is 2.25. The molecule has 1 aliphatic carbocycles. The molecule has 2 aromatic rings. The Labute approximate surface area is 166 Å². The van der Waals surface area contributed by atoms with Crippen molar-refractivity contribution in [2.45, 2.75) is 27.2 Å². The zero-order valence-electron chi connectivity index (χ0n) is 16.8. The highest BCUT2D eigenvalue weighted by Gasteiger charge is 2.10. The molecular weight excluding hydrogens is 326 g/mol. The summed E-state index contributed by atoms with van der Waals surface area (Å²) in [4.78, 5) is 0. The van der Waals surface area contributed by atoms with Gasteiger partial charge in [-0.05, 0) is 53.7 Å². The van der Waals surface area contributed by atoms with Crippen molar-refractivity contribution in [3.63, 3.8) is 0 Å². The van der Waals surface area contributed by atoms with Crippen LogP contribution in [0.25, 0.3) is 11.1 Å². The fourth-order valence-electron chi connectivity index (χ4n) is 3.09. The van der Waals surface area contributed by atoms with Gasteiger partial charge in [-0.2, -0.15) is 0 Å². The fraction of sp³-hybridized carbons (Fsp3) is 0.231. The van der Waals surface area contributed by atoms with Crippen LogP contribution in [0.4, 0.5) is 5.69 Å². The first-order chi connectivity index (χ1) is 13.3. The molecule has 1 aliphatic rings. The van der Waals surface area contributed by atoms with Gasteiger partial charge in [0.1, 0.15) is 0 Å². The number of anilines is 1. The lowest BCUT2D eigenvalue weighted by Crippen LogP contribution is -2.13. The summed E-state index contributed by atoms with van der Waals surface area (Å²) in [6.45, 7) is 10.8. The van der Waals surface area contributed by atoms with E-state index in [1.54, 1.807) is 0 Å². The van der Waals surface area contributed by atoms with Crippen LogP contribution in [-0.4, -0.2) is 6.54 Å². The molecule has 0 spiro atoms. The highest BCUT2D eigenvalue weighted by molar-refractivity contribution is 5.75. The van der Waals surface area contributed by atoms with E-state index < -0.39 is 0 Å². The van der Waals surface area contributed by atoms with Crippen LogP contribution in [0.15, 0.2) is 91.6 Å². The number of allylic oxidation sites excluding steroid dienone is 6. The lowest BCUT2D eigenvalue weighted by Gasteiger charge is -2.18. The van der Waals surface area contributed by atoms with E-state index in [4.69, 9.17) is 0 Å². The molecule has 0 amide bonds. The second-order valence-electron chi connectivity index (χ2n) is 6.43. The Balaban J connectivity index is 0.00000127. The minimum atomic E-state index is 0. The molecule has 0 saturated carbocycles. The molecule has 0 aromatic heterocycles. The predicted octanol–water partition coefficient (Wildman–Crippen LogP) is 7.62. The van der Waals surface area contributed by atoms with Crippen LogP contribution in [0, 0.1) is 5.92 Å². The number of nitrogens with one attached hydrogen (secondary N) is 1. The summed E-state index contributed by atoms with van der Waals surface area (Å²) in [6, 6.07) is 19.2. The summed E-state index contributed by atoms with van der Waals surface area (Å²) in [5.74, 6) is 0.516. The molecule has 2 aromatic carbocycles. The summed E-state index contributed by atoms with van der Waals surface area (Å²) >= 11 is 0. The van der Waals surface area contributed by atoms with E-state index in [0.29, 0.717) is 5.92 Å². The number of benzene rings is 2. The van der Waals surface area contributed by atoms with E-state index in [9.17, 15) is 0 Å². The molecule has 0 saturated heterocycles. The van der Waals surface area contributed by atoms with Gasteiger partial charge < -0.3 is 5.32 Å². The first-order valence-electron chi connectivity index (χ1n) is 9.83. The van der Waals surface area contributed by atoms with Gasteiger partial charge in [0, 0.05) is 13.7 Å². The van der Waals surface area contributed by atoms with E-state index in [2.05, 4.69) is 91.6 Å². The maximum absolute atomic E-state index is 3.75. The summed E-state index contributed by atoms with van der Waals surface area (Å²) in [5, 5.41) is 3.57. The number of rotatable bonds is 6. The molecule has 142 valence electrons. The van der Waals surface area contributed by atoms with Gasteiger partial charge >= 0.3 is 0 Å². The van der Waals surface area contributed by atoms with Gasteiger partial charge in [0.15, 0.2) is 0 Å². The smallest absolute Gasteiger partial charge is 0.0340 e. The standard InChI is InChI=1S/C24H25N.C2H6.H2/c1-3-8-19(2)21-13-15-24(16-14-21)25-18-20-9-7-12-23(17-20)22-10-5-4-6-11-22;1-2;/h3-8,10-17,20,25H,1,9,18H2,2H3;1-2H3;1H/b19-8+;;. The summed E-state index contributed by atoms with van der Waals surface area (Å²) < 4.78 is 0. The maximum atomic E-state index is 3.75. The Morgan fingerprint density at radius 1 is 1.11 bits per heavy atom. The largest absolute Gasteiger partial charge is 0.384 e. The first-order valence-corrected chi connectivity index (χ1v) is 9.83. The van der Waals surface area contributed by atoms with Crippen molar-refractivity contribution in [3.05, 3.63) is 103 Å². The molecule has 0 aliphatic heterocycles. The van der Waals surface area contributed by atoms with Gasteiger partial charge in [-0.3, -0.25) is 0 Å². The average Bonchev–Trinajstić information content (AvgIpc) is 2.75. The third kappa shape index (κ3) is 6.14. The van der Waals surface area contributed by atoms with Crippen LogP contribution in [0.1, 0.15) is 39.7 Å². The quantitative estimate of drug-likeness (QED) is 0.523. The summed E-state index contributed by atoms with van der Waals surface area (Å²) in [5.41, 5.74) is 6.24. The zero-order valence-corrected chi connectivity index (χ0v) is 16.8. The molecule has 1 N–H and O–H groups in total. The minimum absolute atomic E-state index is 0. The third-order valence-corrected chi connectivity index (χ3v) is 4.54. The van der Waals surface area contributed by atoms with Crippen LogP contribution >= 0.6 is 0 Å². The molecule has 0 fully saturated rings. The molecule has 1 nitrogen and oxygen atoms in total. The first kappa shape index (κ1) is 20.5.